The number of aromatic nitrogens is 1. The third kappa shape index (κ3) is 3.05. The highest BCUT2D eigenvalue weighted by atomic mass is 16.3. The van der Waals surface area contributed by atoms with Crippen LogP contribution in [0, 0.1) is 11.3 Å². The molecule has 0 unspecified atom stereocenters. The van der Waals surface area contributed by atoms with E-state index < -0.39 is 5.91 Å². The van der Waals surface area contributed by atoms with Crippen molar-refractivity contribution in [3.63, 3.8) is 0 Å². The van der Waals surface area contributed by atoms with Gasteiger partial charge >= 0.3 is 0 Å². The standard InChI is InChI=1S/C18H14N4O2/c19-9-11(18(24)22-14-2-4-15(23)5-3-14)7-12-10-21-17-6-1-13(20)8-16(12)17/h1-8,10,21,23H,20H2,(H,22,24). The predicted molar refractivity (Wildman–Crippen MR) is 93.0 cm³/mol. The number of phenols is 1. The molecule has 6 heteroatoms. The molecule has 3 aromatic rings. The molecule has 24 heavy (non-hydrogen) atoms. The summed E-state index contributed by atoms with van der Waals surface area (Å²) < 4.78 is 0. The van der Waals surface area contributed by atoms with Crippen LogP contribution < -0.4 is 11.1 Å². The molecule has 1 aromatic heterocycles. The van der Waals surface area contributed by atoms with Gasteiger partial charge in [-0.25, -0.2) is 0 Å². The van der Waals surface area contributed by atoms with Crippen molar-refractivity contribution in [3.05, 3.63) is 59.8 Å². The number of aromatic hydroxyl groups is 1. The number of phenolic OH excluding ortho intramolecular Hbond substituents is 1. The summed E-state index contributed by atoms with van der Waals surface area (Å²) in [6.07, 6.45) is 3.23. The van der Waals surface area contributed by atoms with Gasteiger partial charge in [0.05, 0.1) is 0 Å². The summed E-state index contributed by atoms with van der Waals surface area (Å²) in [7, 11) is 0. The summed E-state index contributed by atoms with van der Waals surface area (Å²) in [5.41, 5.74) is 8.41. The van der Waals surface area contributed by atoms with Gasteiger partial charge in [0.15, 0.2) is 0 Å². The van der Waals surface area contributed by atoms with E-state index in [0.29, 0.717) is 16.9 Å². The lowest BCUT2D eigenvalue weighted by atomic mass is 10.1. The highest BCUT2D eigenvalue weighted by molar-refractivity contribution is 6.10. The Morgan fingerprint density at radius 1 is 1.25 bits per heavy atom. The molecule has 2 aromatic carbocycles. The number of hydrogen-bond donors (Lipinski definition) is 4. The van der Waals surface area contributed by atoms with E-state index in [2.05, 4.69) is 10.3 Å². The normalized spacial score (nSPS) is 11.2. The summed E-state index contributed by atoms with van der Waals surface area (Å²) in [6.45, 7) is 0. The molecule has 0 saturated carbocycles. The molecular weight excluding hydrogens is 304 g/mol. The Balaban J connectivity index is 1.90. The Labute approximate surface area is 137 Å². The molecule has 0 radical (unpaired) electrons. The van der Waals surface area contributed by atoms with Crippen LogP contribution in [-0.4, -0.2) is 16.0 Å². The van der Waals surface area contributed by atoms with Crippen molar-refractivity contribution in [3.8, 4) is 11.8 Å². The molecule has 0 fully saturated rings. The molecule has 0 saturated heterocycles. The molecule has 0 aliphatic heterocycles. The Morgan fingerprint density at radius 2 is 2.00 bits per heavy atom. The lowest BCUT2D eigenvalue weighted by molar-refractivity contribution is -0.112. The van der Waals surface area contributed by atoms with Crippen LogP contribution in [0.4, 0.5) is 11.4 Å². The number of nitrogens with two attached hydrogens (primary N) is 1. The number of hydrogen-bond acceptors (Lipinski definition) is 4. The molecule has 3 rings (SSSR count). The third-order valence-corrected chi connectivity index (χ3v) is 3.53. The first-order valence-corrected chi connectivity index (χ1v) is 7.15. The van der Waals surface area contributed by atoms with Gasteiger partial charge in [0.2, 0.25) is 0 Å². The summed E-state index contributed by atoms with van der Waals surface area (Å²) in [4.78, 5) is 15.3. The summed E-state index contributed by atoms with van der Waals surface area (Å²) >= 11 is 0. The zero-order valence-corrected chi connectivity index (χ0v) is 12.6. The molecule has 1 heterocycles. The minimum absolute atomic E-state index is 0.0357. The number of nitrogens with one attached hydrogen (secondary N) is 2. The maximum Gasteiger partial charge on any atom is 0.266 e. The van der Waals surface area contributed by atoms with E-state index in [1.165, 1.54) is 18.2 Å². The fourth-order valence-corrected chi connectivity index (χ4v) is 2.33. The topological polar surface area (TPSA) is 115 Å². The van der Waals surface area contributed by atoms with Crippen LogP contribution in [0.3, 0.4) is 0 Å². The number of carbonyl (C=O) groups excluding carboxylic acids is 1. The van der Waals surface area contributed by atoms with Crippen LogP contribution in [-0.2, 0) is 4.79 Å². The van der Waals surface area contributed by atoms with E-state index in [4.69, 9.17) is 5.73 Å². The molecule has 0 bridgehead atoms. The molecule has 1 amide bonds. The molecule has 0 spiro atoms. The van der Waals surface area contributed by atoms with Gasteiger partial charge in [-0.2, -0.15) is 5.26 Å². The second kappa shape index (κ2) is 6.18. The van der Waals surface area contributed by atoms with E-state index >= 15 is 0 Å². The molecule has 0 atom stereocenters. The molecule has 118 valence electrons. The number of fused-ring (bicyclic) bond motifs is 1. The number of benzene rings is 2. The maximum atomic E-state index is 12.3. The zero-order valence-electron chi connectivity index (χ0n) is 12.6. The number of amides is 1. The minimum atomic E-state index is -0.526. The van der Waals surface area contributed by atoms with E-state index in [1.807, 2.05) is 12.1 Å². The van der Waals surface area contributed by atoms with Gasteiger partial charge in [-0.05, 0) is 48.5 Å². The predicted octanol–water partition coefficient (Wildman–Crippen LogP) is 3.00. The quantitative estimate of drug-likeness (QED) is 0.257. The number of nitrogens with zero attached hydrogens (tertiary/aromatic N) is 1. The number of carbonyl (C=O) groups is 1. The average Bonchev–Trinajstić information content (AvgIpc) is 2.96. The largest absolute Gasteiger partial charge is 0.508 e. The van der Waals surface area contributed by atoms with Crippen molar-refractivity contribution < 1.29 is 9.90 Å². The van der Waals surface area contributed by atoms with Gasteiger partial charge in [-0.1, -0.05) is 0 Å². The maximum absolute atomic E-state index is 12.3. The van der Waals surface area contributed by atoms with Crippen LogP contribution >= 0.6 is 0 Å². The van der Waals surface area contributed by atoms with Crippen LogP contribution in [0.2, 0.25) is 0 Å². The summed E-state index contributed by atoms with van der Waals surface area (Å²) in [5, 5.41) is 22.0. The smallest absolute Gasteiger partial charge is 0.266 e. The van der Waals surface area contributed by atoms with Crippen molar-refractivity contribution in [1.29, 1.82) is 5.26 Å². The summed E-state index contributed by atoms with van der Waals surface area (Å²) in [5.74, 6) is -0.429. The molecule has 0 aliphatic rings. The van der Waals surface area contributed by atoms with Gasteiger partial charge in [0.1, 0.15) is 17.4 Å². The monoisotopic (exact) mass is 318 g/mol. The second-order valence-corrected chi connectivity index (χ2v) is 5.22. The Kier molecular flexibility index (Phi) is 3.91. The Bertz CT molecular complexity index is 978. The summed E-state index contributed by atoms with van der Waals surface area (Å²) in [6, 6.07) is 13.3. The van der Waals surface area contributed by atoms with Crippen LogP contribution in [0.1, 0.15) is 5.56 Å². The minimum Gasteiger partial charge on any atom is -0.508 e. The van der Waals surface area contributed by atoms with Crippen molar-refractivity contribution in [2.45, 2.75) is 0 Å². The van der Waals surface area contributed by atoms with Crippen LogP contribution in [0.5, 0.6) is 5.75 Å². The van der Waals surface area contributed by atoms with Gasteiger partial charge in [0.25, 0.3) is 5.91 Å². The third-order valence-electron chi connectivity index (χ3n) is 3.53. The molecule has 6 nitrogen and oxygen atoms in total. The molecular formula is C18H14N4O2. The van der Waals surface area contributed by atoms with E-state index in [9.17, 15) is 15.2 Å². The van der Waals surface area contributed by atoms with Crippen molar-refractivity contribution >= 4 is 34.3 Å². The molecule has 0 aliphatic carbocycles. The average molecular weight is 318 g/mol. The lowest BCUT2D eigenvalue weighted by Gasteiger charge is -2.04. The van der Waals surface area contributed by atoms with Crippen molar-refractivity contribution in [2.24, 2.45) is 0 Å². The first-order valence-electron chi connectivity index (χ1n) is 7.15. The zero-order chi connectivity index (χ0) is 17.1. The fourth-order valence-electron chi connectivity index (χ4n) is 2.33. The SMILES string of the molecule is N#CC(=Cc1c[nH]c2ccc(N)cc12)C(=O)Nc1ccc(O)cc1. The van der Waals surface area contributed by atoms with Crippen LogP contribution in [0.25, 0.3) is 17.0 Å². The number of aromatic amines is 1. The van der Waals surface area contributed by atoms with E-state index in [0.717, 1.165) is 10.9 Å². The van der Waals surface area contributed by atoms with Crippen molar-refractivity contribution in [2.75, 3.05) is 11.1 Å². The number of nitriles is 1. The van der Waals surface area contributed by atoms with Gasteiger partial charge in [-0.15, -0.1) is 0 Å². The van der Waals surface area contributed by atoms with E-state index in [1.54, 1.807) is 30.5 Å². The lowest BCUT2D eigenvalue weighted by Crippen LogP contribution is -2.13. The van der Waals surface area contributed by atoms with E-state index in [-0.39, 0.29) is 11.3 Å². The van der Waals surface area contributed by atoms with Crippen molar-refractivity contribution in [1.82, 2.24) is 4.98 Å². The number of rotatable bonds is 3. The highest BCUT2D eigenvalue weighted by Gasteiger charge is 2.11. The number of H-pyrrole nitrogens is 1. The highest BCUT2D eigenvalue weighted by Crippen LogP contribution is 2.23. The van der Waals surface area contributed by atoms with Gasteiger partial charge < -0.3 is 21.1 Å². The van der Waals surface area contributed by atoms with Gasteiger partial charge in [0, 0.05) is 34.0 Å². The van der Waals surface area contributed by atoms with Gasteiger partial charge in [-0.3, -0.25) is 4.79 Å². The second-order valence-electron chi connectivity index (χ2n) is 5.22. The Morgan fingerprint density at radius 3 is 2.71 bits per heavy atom. The first-order chi connectivity index (χ1) is 11.6. The number of anilines is 2. The first kappa shape index (κ1) is 15.2. The van der Waals surface area contributed by atoms with Crippen LogP contribution in [0.15, 0.2) is 54.2 Å². The number of nitrogen functional groups attached to an aromatic ring is 1. The Hall–Kier alpha value is -3.72. The molecule has 5 N–H and O–H groups in total. The fraction of sp³-hybridized carbons (Fsp3) is 0.